The number of ether oxygens (including phenoxy) is 1. The van der Waals surface area contributed by atoms with Crippen LogP contribution in [0.3, 0.4) is 0 Å². The molecule has 37 heavy (non-hydrogen) atoms. The predicted octanol–water partition coefficient (Wildman–Crippen LogP) is 4.42. The summed E-state index contributed by atoms with van der Waals surface area (Å²) in [7, 11) is 5.99. The van der Waals surface area contributed by atoms with Gasteiger partial charge in [-0.3, -0.25) is 4.79 Å². The summed E-state index contributed by atoms with van der Waals surface area (Å²) in [6.45, 7) is 2.97. The van der Waals surface area contributed by atoms with Crippen molar-refractivity contribution in [3.05, 3.63) is 64.2 Å². The Labute approximate surface area is 216 Å². The summed E-state index contributed by atoms with van der Waals surface area (Å²) in [6, 6.07) is 13.8. The number of nitrogens with zero attached hydrogens (tertiary/aromatic N) is 5. The Balaban J connectivity index is 1.48. The van der Waals surface area contributed by atoms with Gasteiger partial charge in [0.2, 0.25) is 0 Å². The fourth-order valence-corrected chi connectivity index (χ4v) is 6.14. The Morgan fingerprint density at radius 3 is 2.46 bits per heavy atom. The number of benzene rings is 2. The lowest BCUT2D eigenvalue weighted by atomic mass is 9.91. The van der Waals surface area contributed by atoms with Gasteiger partial charge in [0.15, 0.2) is 5.82 Å². The Morgan fingerprint density at radius 2 is 1.76 bits per heavy atom. The van der Waals surface area contributed by atoms with Crippen molar-refractivity contribution in [3.8, 4) is 11.4 Å². The lowest BCUT2D eigenvalue weighted by Gasteiger charge is -2.36. The summed E-state index contributed by atoms with van der Waals surface area (Å²) in [5.74, 6) is 0.439. The Morgan fingerprint density at radius 1 is 1.03 bits per heavy atom. The van der Waals surface area contributed by atoms with E-state index in [9.17, 15) is 4.79 Å². The molecule has 4 heterocycles. The summed E-state index contributed by atoms with van der Waals surface area (Å²) >= 11 is 0. The highest BCUT2D eigenvalue weighted by atomic mass is 19.1. The Kier molecular flexibility index (Phi) is 6.24. The first-order valence-corrected chi connectivity index (χ1v) is 13.2. The van der Waals surface area contributed by atoms with Crippen LogP contribution in [-0.4, -0.2) is 65.5 Å². The zero-order chi connectivity index (χ0) is 25.7. The number of aryl methyl sites for hydroxylation is 1. The topological polar surface area (TPSA) is 55.0 Å². The van der Waals surface area contributed by atoms with Crippen molar-refractivity contribution in [2.75, 3.05) is 45.3 Å². The number of para-hydroxylation sites is 1. The van der Waals surface area contributed by atoms with Crippen LogP contribution >= 0.6 is 0 Å². The molecule has 2 saturated heterocycles. The van der Waals surface area contributed by atoms with Crippen molar-refractivity contribution < 1.29 is 9.13 Å². The molecule has 0 N–H and O–H groups in total. The molecule has 2 aromatic carbocycles. The van der Waals surface area contributed by atoms with E-state index in [1.807, 2.05) is 40.9 Å². The number of piperidine rings is 1. The van der Waals surface area contributed by atoms with Gasteiger partial charge in [0.25, 0.3) is 5.56 Å². The van der Waals surface area contributed by atoms with Gasteiger partial charge in [0.1, 0.15) is 5.82 Å². The molecule has 6 rings (SSSR count). The van der Waals surface area contributed by atoms with Crippen molar-refractivity contribution in [1.29, 1.82) is 0 Å². The van der Waals surface area contributed by atoms with E-state index < -0.39 is 0 Å². The van der Waals surface area contributed by atoms with Gasteiger partial charge in [-0.15, -0.1) is 0 Å². The van der Waals surface area contributed by atoms with Gasteiger partial charge >= 0.3 is 0 Å². The molecule has 0 radical (unpaired) electrons. The second-order valence-corrected chi connectivity index (χ2v) is 10.6. The first-order valence-electron chi connectivity index (χ1n) is 13.2. The summed E-state index contributed by atoms with van der Waals surface area (Å²) in [4.78, 5) is 22.9. The van der Waals surface area contributed by atoms with Crippen LogP contribution in [0.2, 0.25) is 0 Å². The molecule has 0 aliphatic carbocycles. The summed E-state index contributed by atoms with van der Waals surface area (Å²) in [6.07, 6.45) is 3.66. The van der Waals surface area contributed by atoms with Crippen LogP contribution in [0.15, 0.2) is 47.3 Å². The van der Waals surface area contributed by atoms with Gasteiger partial charge in [-0.05, 0) is 70.0 Å². The quantitative estimate of drug-likeness (QED) is 0.413. The van der Waals surface area contributed by atoms with Gasteiger partial charge < -0.3 is 14.5 Å². The van der Waals surface area contributed by atoms with E-state index in [1.54, 1.807) is 17.8 Å². The van der Waals surface area contributed by atoms with Crippen LogP contribution in [0.25, 0.3) is 27.8 Å². The van der Waals surface area contributed by atoms with E-state index in [2.05, 4.69) is 23.9 Å². The molecule has 0 unspecified atom stereocenters. The molecule has 2 aliphatic rings. The lowest BCUT2D eigenvalue weighted by molar-refractivity contribution is 0.0854. The van der Waals surface area contributed by atoms with Crippen LogP contribution in [0, 0.1) is 5.82 Å². The van der Waals surface area contributed by atoms with E-state index >= 15 is 4.39 Å². The van der Waals surface area contributed by atoms with Crippen molar-refractivity contribution in [2.45, 2.75) is 37.6 Å². The normalized spacial score (nSPS) is 17.9. The molecule has 7 nitrogen and oxygen atoms in total. The molecule has 194 valence electrons. The number of anilines is 1. The molecular weight excluding hydrogens is 469 g/mol. The van der Waals surface area contributed by atoms with E-state index in [0.29, 0.717) is 36.3 Å². The fourth-order valence-electron chi connectivity index (χ4n) is 6.14. The molecule has 4 aromatic rings. The minimum Gasteiger partial charge on any atom is -0.381 e. The van der Waals surface area contributed by atoms with Crippen molar-refractivity contribution in [2.24, 2.45) is 7.05 Å². The smallest absolute Gasteiger partial charge is 0.270 e. The lowest BCUT2D eigenvalue weighted by Crippen LogP contribution is -2.42. The molecule has 2 aliphatic heterocycles. The third kappa shape index (κ3) is 4.12. The van der Waals surface area contributed by atoms with E-state index in [1.165, 1.54) is 0 Å². The second-order valence-electron chi connectivity index (χ2n) is 10.6. The van der Waals surface area contributed by atoms with Gasteiger partial charge in [0, 0.05) is 55.9 Å². The van der Waals surface area contributed by atoms with Crippen LogP contribution in [0.1, 0.15) is 37.2 Å². The average molecular weight is 504 g/mol. The number of rotatable bonds is 4. The number of hydrogen-bond donors (Lipinski definition) is 0. The van der Waals surface area contributed by atoms with Gasteiger partial charge in [-0.25, -0.2) is 18.6 Å². The molecule has 0 saturated carbocycles. The SMILES string of the molecule is CN(C)C1CCN(c2ccc(-c3nc4ccccc4c4c(C5CCOCC5)c(=O)n(C)n34)cc2F)CC1. The summed E-state index contributed by atoms with van der Waals surface area (Å²) < 4.78 is 24.7. The Bertz CT molecular complexity index is 1510. The van der Waals surface area contributed by atoms with E-state index in [4.69, 9.17) is 9.72 Å². The van der Waals surface area contributed by atoms with Crippen LogP contribution in [-0.2, 0) is 11.8 Å². The third-order valence-corrected chi connectivity index (χ3v) is 8.25. The number of fused-ring (bicyclic) bond motifs is 3. The summed E-state index contributed by atoms with van der Waals surface area (Å²) in [5.41, 5.74) is 3.74. The molecule has 2 fully saturated rings. The van der Waals surface area contributed by atoms with Gasteiger partial charge in [-0.2, -0.15) is 0 Å². The highest BCUT2D eigenvalue weighted by Crippen LogP contribution is 2.35. The van der Waals surface area contributed by atoms with Gasteiger partial charge in [-0.1, -0.05) is 18.2 Å². The third-order valence-electron chi connectivity index (χ3n) is 8.25. The van der Waals surface area contributed by atoms with Gasteiger partial charge in [0.05, 0.1) is 16.7 Å². The van der Waals surface area contributed by atoms with E-state index in [0.717, 1.165) is 60.8 Å². The maximum Gasteiger partial charge on any atom is 0.270 e. The number of halogens is 1. The monoisotopic (exact) mass is 503 g/mol. The standard InChI is InChI=1S/C29H34FN5O2/c1-32(2)21-10-14-34(15-11-21)25-9-8-20(18-23(25)30)28-31-24-7-5-4-6-22(24)27-26(19-12-16-37-17-13-19)29(36)33(3)35(27)28/h4-9,18-19,21H,10-17H2,1-3H3. The fraction of sp³-hybridized carbons (Fsp3) is 0.448. The predicted molar refractivity (Wildman–Crippen MR) is 145 cm³/mol. The number of aromatic nitrogens is 3. The number of hydrogen-bond acceptors (Lipinski definition) is 5. The van der Waals surface area contributed by atoms with Crippen LogP contribution < -0.4 is 10.5 Å². The molecule has 2 aromatic heterocycles. The second kappa shape index (κ2) is 9.58. The zero-order valence-electron chi connectivity index (χ0n) is 21.8. The van der Waals surface area contributed by atoms with Crippen LogP contribution in [0.4, 0.5) is 10.1 Å². The van der Waals surface area contributed by atoms with E-state index in [-0.39, 0.29) is 17.3 Å². The zero-order valence-corrected chi connectivity index (χ0v) is 21.8. The molecule has 8 heteroatoms. The largest absolute Gasteiger partial charge is 0.381 e. The Hall–Kier alpha value is -3.23. The maximum atomic E-state index is 15.6. The maximum absolute atomic E-state index is 15.6. The molecule has 0 spiro atoms. The molecule has 0 bridgehead atoms. The molecular formula is C29H34FN5O2. The van der Waals surface area contributed by atoms with Crippen molar-refractivity contribution >= 4 is 22.1 Å². The van der Waals surface area contributed by atoms with Crippen LogP contribution in [0.5, 0.6) is 0 Å². The molecule has 0 atom stereocenters. The minimum atomic E-state index is -0.259. The summed E-state index contributed by atoms with van der Waals surface area (Å²) in [5, 5.41) is 0.936. The van der Waals surface area contributed by atoms with Crippen molar-refractivity contribution in [1.82, 2.24) is 19.1 Å². The minimum absolute atomic E-state index is 0.0211. The first-order chi connectivity index (χ1) is 17.9. The average Bonchev–Trinajstić information content (AvgIpc) is 3.19. The van der Waals surface area contributed by atoms with Crippen molar-refractivity contribution in [3.63, 3.8) is 0 Å². The molecule has 0 amide bonds. The first kappa shape index (κ1) is 24.1. The highest BCUT2D eigenvalue weighted by Gasteiger charge is 2.28. The highest BCUT2D eigenvalue weighted by molar-refractivity contribution is 5.96.